The first-order valence-corrected chi connectivity index (χ1v) is 11.0. The molecule has 0 saturated carbocycles. The summed E-state index contributed by atoms with van der Waals surface area (Å²) < 4.78 is 10.6. The quantitative estimate of drug-likeness (QED) is 0.364. The first kappa shape index (κ1) is 25.1. The highest BCUT2D eigenvalue weighted by atomic mass is 127. The molecule has 2 aromatic rings. The first-order valence-electron chi connectivity index (χ1n) is 9.96. The molecule has 0 heterocycles. The molecule has 0 aliphatic carbocycles. The molecule has 2 aromatic carbocycles. The van der Waals surface area contributed by atoms with Crippen molar-refractivity contribution in [2.24, 2.45) is 0 Å². The molecule has 0 N–H and O–H groups in total. The van der Waals surface area contributed by atoms with E-state index in [1.165, 1.54) is 25.3 Å². The van der Waals surface area contributed by atoms with Crippen LogP contribution in [0.3, 0.4) is 0 Å². The maximum Gasteiger partial charge on any atom is 0.338 e. The zero-order chi connectivity index (χ0) is 22.0. The van der Waals surface area contributed by atoms with Crippen LogP contribution in [0.5, 0.6) is 0 Å². The molecule has 0 spiro atoms. The minimum Gasteiger partial charge on any atom is -0.465 e. The van der Waals surface area contributed by atoms with E-state index >= 15 is 0 Å². The van der Waals surface area contributed by atoms with Gasteiger partial charge in [0.1, 0.15) is 0 Å². The molecule has 0 aliphatic heterocycles. The standard InChI is InChI=1S/C12H15IO2.C12H16O2/c1-4-8-6-9(5-2)11(13)7-10(8)12(14)15-3;1-4-9-6-7-11(12(13)14-3)10(5-2)8-9/h6-7H,4-5H2,1-3H3;6-8H,4-5H2,1-3H3. The molecular formula is C24H31IO4. The van der Waals surface area contributed by atoms with E-state index in [2.05, 4.69) is 48.6 Å². The number of aryl methyl sites for hydroxylation is 4. The number of ether oxygens (including phenoxy) is 2. The van der Waals surface area contributed by atoms with E-state index in [-0.39, 0.29) is 11.9 Å². The molecule has 0 radical (unpaired) electrons. The van der Waals surface area contributed by atoms with Crippen molar-refractivity contribution < 1.29 is 19.1 Å². The molecule has 0 aliphatic rings. The van der Waals surface area contributed by atoms with Crippen LogP contribution >= 0.6 is 22.6 Å². The lowest BCUT2D eigenvalue weighted by Crippen LogP contribution is -2.07. The second-order valence-electron chi connectivity index (χ2n) is 6.49. The molecule has 5 heteroatoms. The number of carbonyl (C=O) groups is 2. The molecule has 4 nitrogen and oxygen atoms in total. The summed E-state index contributed by atoms with van der Waals surface area (Å²) in [4.78, 5) is 22.9. The molecular weight excluding hydrogens is 479 g/mol. The van der Waals surface area contributed by atoms with E-state index in [1.54, 1.807) is 0 Å². The van der Waals surface area contributed by atoms with Crippen molar-refractivity contribution in [1.82, 2.24) is 0 Å². The zero-order valence-corrected chi connectivity index (χ0v) is 20.4. The summed E-state index contributed by atoms with van der Waals surface area (Å²) >= 11 is 2.26. The molecule has 0 atom stereocenters. The van der Waals surface area contributed by atoms with Crippen molar-refractivity contribution in [3.63, 3.8) is 0 Å². The van der Waals surface area contributed by atoms with Crippen LogP contribution in [0.2, 0.25) is 0 Å². The number of methoxy groups -OCH3 is 2. The SMILES string of the molecule is CCc1cc(CC)c(C(=O)OC)cc1I.CCc1ccc(C(=O)OC)c(CC)c1. The van der Waals surface area contributed by atoms with Gasteiger partial charge in [0, 0.05) is 3.57 Å². The smallest absolute Gasteiger partial charge is 0.338 e. The molecule has 0 aromatic heterocycles. The van der Waals surface area contributed by atoms with Gasteiger partial charge >= 0.3 is 11.9 Å². The lowest BCUT2D eigenvalue weighted by molar-refractivity contribution is 0.0590. The van der Waals surface area contributed by atoms with Gasteiger partial charge < -0.3 is 9.47 Å². The number of hydrogen-bond donors (Lipinski definition) is 0. The summed E-state index contributed by atoms with van der Waals surface area (Å²) in [5.74, 6) is -0.489. The minimum atomic E-state index is -0.246. The van der Waals surface area contributed by atoms with Crippen LogP contribution in [-0.2, 0) is 35.2 Å². The fraction of sp³-hybridized carbons (Fsp3) is 0.417. The highest BCUT2D eigenvalue weighted by Gasteiger charge is 2.13. The summed E-state index contributed by atoms with van der Waals surface area (Å²) in [7, 11) is 2.83. The maximum atomic E-state index is 11.5. The summed E-state index contributed by atoms with van der Waals surface area (Å²) in [6, 6.07) is 9.93. The van der Waals surface area contributed by atoms with E-state index in [0.717, 1.165) is 40.4 Å². The van der Waals surface area contributed by atoms with Crippen LogP contribution in [0.4, 0.5) is 0 Å². The molecule has 158 valence electrons. The molecule has 0 bridgehead atoms. The number of benzene rings is 2. The van der Waals surface area contributed by atoms with Crippen molar-refractivity contribution in [1.29, 1.82) is 0 Å². The number of carbonyl (C=O) groups excluding carboxylic acids is 2. The second kappa shape index (κ2) is 12.6. The third kappa shape index (κ3) is 6.84. The lowest BCUT2D eigenvalue weighted by Gasteiger charge is -2.10. The Morgan fingerprint density at radius 3 is 1.72 bits per heavy atom. The Morgan fingerprint density at radius 1 is 0.724 bits per heavy atom. The minimum absolute atomic E-state index is 0.243. The van der Waals surface area contributed by atoms with Crippen LogP contribution < -0.4 is 0 Å². The average molecular weight is 510 g/mol. The van der Waals surface area contributed by atoms with Gasteiger partial charge in [0.25, 0.3) is 0 Å². The predicted octanol–water partition coefficient (Wildman–Crippen LogP) is 5.80. The molecule has 0 amide bonds. The van der Waals surface area contributed by atoms with Gasteiger partial charge in [-0.3, -0.25) is 0 Å². The van der Waals surface area contributed by atoms with Crippen molar-refractivity contribution >= 4 is 34.5 Å². The molecule has 0 unspecified atom stereocenters. The third-order valence-electron chi connectivity index (χ3n) is 4.80. The van der Waals surface area contributed by atoms with Gasteiger partial charge in [0.2, 0.25) is 0 Å². The number of rotatable bonds is 6. The van der Waals surface area contributed by atoms with Gasteiger partial charge in [-0.25, -0.2) is 9.59 Å². The number of hydrogen-bond acceptors (Lipinski definition) is 4. The second-order valence-corrected chi connectivity index (χ2v) is 7.65. The van der Waals surface area contributed by atoms with E-state index < -0.39 is 0 Å². The normalized spacial score (nSPS) is 10.0. The van der Waals surface area contributed by atoms with E-state index in [0.29, 0.717) is 11.1 Å². The Morgan fingerprint density at radius 2 is 1.24 bits per heavy atom. The highest BCUT2D eigenvalue weighted by molar-refractivity contribution is 14.1. The van der Waals surface area contributed by atoms with Gasteiger partial charge in [-0.05, 0) is 82.7 Å². The van der Waals surface area contributed by atoms with Crippen LogP contribution in [0.1, 0.15) is 70.7 Å². The summed E-state index contributed by atoms with van der Waals surface area (Å²) in [6.07, 6.45) is 3.70. The zero-order valence-electron chi connectivity index (χ0n) is 18.2. The summed E-state index contributed by atoms with van der Waals surface area (Å²) in [5.41, 5.74) is 6.07. The topological polar surface area (TPSA) is 52.6 Å². The molecule has 2 rings (SSSR count). The summed E-state index contributed by atoms with van der Waals surface area (Å²) in [5, 5.41) is 0. The molecule has 0 saturated heterocycles. The Hall–Kier alpha value is -1.89. The van der Waals surface area contributed by atoms with Gasteiger partial charge in [-0.15, -0.1) is 0 Å². The van der Waals surface area contributed by atoms with Crippen molar-refractivity contribution in [2.45, 2.75) is 53.4 Å². The van der Waals surface area contributed by atoms with Crippen molar-refractivity contribution in [3.05, 3.63) is 67.3 Å². The molecule has 0 fully saturated rings. The Kier molecular flexibility index (Phi) is 10.9. The van der Waals surface area contributed by atoms with Crippen molar-refractivity contribution in [2.75, 3.05) is 14.2 Å². The Balaban J connectivity index is 0.000000291. The lowest BCUT2D eigenvalue weighted by atomic mass is 10.0. The van der Waals surface area contributed by atoms with Crippen molar-refractivity contribution in [3.8, 4) is 0 Å². The maximum absolute atomic E-state index is 11.5. The van der Waals surface area contributed by atoms with Gasteiger partial charge in [0.15, 0.2) is 0 Å². The monoisotopic (exact) mass is 510 g/mol. The average Bonchev–Trinajstić information content (AvgIpc) is 2.77. The first-order chi connectivity index (χ1) is 13.9. The fourth-order valence-corrected chi connectivity index (χ4v) is 3.85. The van der Waals surface area contributed by atoms with Gasteiger partial charge in [-0.1, -0.05) is 45.9 Å². The van der Waals surface area contributed by atoms with Crippen LogP contribution in [0.15, 0.2) is 30.3 Å². The van der Waals surface area contributed by atoms with Gasteiger partial charge in [0.05, 0.1) is 25.3 Å². The third-order valence-corrected chi connectivity index (χ3v) is 5.81. The largest absolute Gasteiger partial charge is 0.465 e. The van der Waals surface area contributed by atoms with E-state index in [4.69, 9.17) is 9.47 Å². The van der Waals surface area contributed by atoms with Gasteiger partial charge in [-0.2, -0.15) is 0 Å². The fourth-order valence-electron chi connectivity index (χ4n) is 3.00. The van der Waals surface area contributed by atoms with Crippen LogP contribution in [-0.4, -0.2) is 26.2 Å². The Bertz CT molecular complexity index is 843. The number of esters is 2. The van der Waals surface area contributed by atoms with Crippen LogP contribution in [0.25, 0.3) is 0 Å². The predicted molar refractivity (Wildman–Crippen MR) is 126 cm³/mol. The highest BCUT2D eigenvalue weighted by Crippen LogP contribution is 2.21. The van der Waals surface area contributed by atoms with E-state index in [1.807, 2.05) is 32.0 Å². The molecule has 29 heavy (non-hydrogen) atoms. The Labute approximate surface area is 188 Å². The van der Waals surface area contributed by atoms with Crippen LogP contribution in [0, 0.1) is 3.57 Å². The number of halogens is 1. The van der Waals surface area contributed by atoms with E-state index in [9.17, 15) is 9.59 Å². The summed E-state index contributed by atoms with van der Waals surface area (Å²) in [6.45, 7) is 8.32.